The minimum atomic E-state index is -0.775. The van der Waals surface area contributed by atoms with Crippen molar-refractivity contribution in [3.05, 3.63) is 0 Å². The first-order valence-electron chi connectivity index (χ1n) is 5.81. The Morgan fingerprint density at radius 3 is 2.53 bits per heavy atom. The van der Waals surface area contributed by atoms with Crippen LogP contribution in [0, 0.1) is 16.7 Å². The van der Waals surface area contributed by atoms with Crippen LogP contribution in [-0.2, 0) is 4.79 Å². The fourth-order valence-electron chi connectivity index (χ4n) is 1.79. The SMILES string of the molecule is CCC1(C)C(=O)NC(=O)N1CCC(C)(C)C#N. The van der Waals surface area contributed by atoms with E-state index in [1.165, 1.54) is 4.90 Å². The summed E-state index contributed by atoms with van der Waals surface area (Å²) >= 11 is 0. The van der Waals surface area contributed by atoms with E-state index in [2.05, 4.69) is 11.4 Å². The lowest BCUT2D eigenvalue weighted by atomic mass is 9.90. The number of imide groups is 1. The van der Waals surface area contributed by atoms with E-state index in [4.69, 9.17) is 5.26 Å². The average molecular weight is 237 g/mol. The summed E-state index contributed by atoms with van der Waals surface area (Å²) in [6, 6.07) is 1.84. The Morgan fingerprint density at radius 1 is 1.47 bits per heavy atom. The molecule has 0 aromatic rings. The van der Waals surface area contributed by atoms with E-state index in [-0.39, 0.29) is 11.9 Å². The maximum atomic E-state index is 11.7. The van der Waals surface area contributed by atoms with Crippen LogP contribution in [0.2, 0.25) is 0 Å². The molecule has 1 unspecified atom stereocenters. The summed E-state index contributed by atoms with van der Waals surface area (Å²) in [5.41, 5.74) is -1.26. The normalized spacial score (nSPS) is 24.8. The van der Waals surface area contributed by atoms with Gasteiger partial charge in [0.05, 0.1) is 11.5 Å². The summed E-state index contributed by atoms with van der Waals surface area (Å²) in [4.78, 5) is 24.9. The second-order valence-electron chi connectivity index (χ2n) is 5.28. The molecule has 1 heterocycles. The van der Waals surface area contributed by atoms with Gasteiger partial charge in [0.15, 0.2) is 0 Å². The number of carbonyl (C=O) groups excluding carboxylic acids is 2. The Kier molecular flexibility index (Phi) is 3.46. The summed E-state index contributed by atoms with van der Waals surface area (Å²) in [6.07, 6.45) is 1.12. The number of carbonyl (C=O) groups is 2. The van der Waals surface area contributed by atoms with Crippen molar-refractivity contribution < 1.29 is 9.59 Å². The van der Waals surface area contributed by atoms with Gasteiger partial charge in [-0.2, -0.15) is 5.26 Å². The third kappa shape index (κ3) is 2.41. The molecule has 5 nitrogen and oxygen atoms in total. The zero-order valence-corrected chi connectivity index (χ0v) is 10.8. The van der Waals surface area contributed by atoms with Gasteiger partial charge >= 0.3 is 6.03 Å². The van der Waals surface area contributed by atoms with E-state index in [0.717, 1.165) is 0 Å². The van der Waals surface area contributed by atoms with Gasteiger partial charge in [-0.1, -0.05) is 6.92 Å². The molecule has 1 aliphatic rings. The Bertz CT molecular complexity index is 384. The molecule has 1 atom stereocenters. The Hall–Kier alpha value is -1.57. The van der Waals surface area contributed by atoms with Crippen LogP contribution < -0.4 is 5.32 Å². The van der Waals surface area contributed by atoms with Crippen molar-refractivity contribution in [2.75, 3.05) is 6.54 Å². The van der Waals surface area contributed by atoms with Crippen molar-refractivity contribution in [2.45, 2.75) is 46.1 Å². The molecule has 0 aromatic heterocycles. The first-order valence-corrected chi connectivity index (χ1v) is 5.81. The highest BCUT2D eigenvalue weighted by Gasteiger charge is 2.47. The fourth-order valence-corrected chi connectivity index (χ4v) is 1.79. The fraction of sp³-hybridized carbons (Fsp3) is 0.750. The topological polar surface area (TPSA) is 73.2 Å². The highest BCUT2D eigenvalue weighted by atomic mass is 16.2. The second kappa shape index (κ2) is 4.36. The Morgan fingerprint density at radius 2 is 2.06 bits per heavy atom. The molecule has 1 fully saturated rings. The third-order valence-electron chi connectivity index (χ3n) is 3.50. The first kappa shape index (κ1) is 13.5. The minimum absolute atomic E-state index is 0.250. The van der Waals surface area contributed by atoms with Crippen LogP contribution in [0.3, 0.4) is 0 Å². The molecule has 17 heavy (non-hydrogen) atoms. The molecular weight excluding hydrogens is 218 g/mol. The molecule has 0 aliphatic carbocycles. The molecular formula is C12H19N3O2. The van der Waals surface area contributed by atoms with Crippen LogP contribution in [0.25, 0.3) is 0 Å². The number of hydrogen-bond donors (Lipinski definition) is 1. The van der Waals surface area contributed by atoms with Crippen LogP contribution in [-0.4, -0.2) is 28.9 Å². The van der Waals surface area contributed by atoms with Gasteiger partial charge in [-0.05, 0) is 33.6 Å². The highest BCUT2D eigenvalue weighted by molar-refractivity contribution is 6.06. The largest absolute Gasteiger partial charge is 0.325 e. The monoisotopic (exact) mass is 237 g/mol. The van der Waals surface area contributed by atoms with Crippen molar-refractivity contribution in [2.24, 2.45) is 5.41 Å². The Labute approximate surface area is 102 Å². The zero-order chi connectivity index (χ0) is 13.3. The Balaban J connectivity index is 2.80. The lowest BCUT2D eigenvalue weighted by Gasteiger charge is -2.32. The number of nitrogens with one attached hydrogen (secondary N) is 1. The smallest absolute Gasteiger partial charge is 0.310 e. The van der Waals surface area contributed by atoms with E-state index in [9.17, 15) is 9.59 Å². The molecule has 5 heteroatoms. The molecule has 0 bridgehead atoms. The molecule has 0 aromatic carbocycles. The number of urea groups is 1. The van der Waals surface area contributed by atoms with Crippen molar-refractivity contribution in [3.63, 3.8) is 0 Å². The van der Waals surface area contributed by atoms with Gasteiger partial charge in [0, 0.05) is 6.54 Å². The van der Waals surface area contributed by atoms with Crippen LogP contribution in [0.15, 0.2) is 0 Å². The summed E-state index contributed by atoms with van der Waals surface area (Å²) in [6.45, 7) is 7.70. The van der Waals surface area contributed by atoms with Crippen molar-refractivity contribution in [3.8, 4) is 6.07 Å². The van der Waals surface area contributed by atoms with Crippen molar-refractivity contribution in [1.29, 1.82) is 5.26 Å². The van der Waals surface area contributed by atoms with E-state index in [1.54, 1.807) is 6.92 Å². The molecule has 1 N–H and O–H groups in total. The lowest BCUT2D eigenvalue weighted by Crippen LogP contribution is -2.47. The first-order chi connectivity index (χ1) is 7.77. The molecule has 1 rings (SSSR count). The predicted molar refractivity (Wildman–Crippen MR) is 63.0 cm³/mol. The summed E-state index contributed by atoms with van der Waals surface area (Å²) in [5, 5.41) is 11.3. The molecule has 0 saturated carbocycles. The van der Waals surface area contributed by atoms with E-state index in [1.807, 2.05) is 20.8 Å². The summed E-state index contributed by atoms with van der Waals surface area (Å²) in [7, 11) is 0. The summed E-state index contributed by atoms with van der Waals surface area (Å²) in [5.74, 6) is -0.250. The van der Waals surface area contributed by atoms with Crippen LogP contribution in [0.5, 0.6) is 0 Å². The minimum Gasteiger partial charge on any atom is -0.310 e. The predicted octanol–water partition coefficient (Wildman–Crippen LogP) is 1.65. The number of amides is 3. The van der Waals surface area contributed by atoms with Gasteiger partial charge in [0.25, 0.3) is 5.91 Å². The number of nitrogens with zero attached hydrogens (tertiary/aromatic N) is 2. The standard InChI is InChI=1S/C12H19N3O2/c1-5-12(4)9(16)14-10(17)15(12)7-6-11(2,3)8-13/h5-7H2,1-4H3,(H,14,16,17). The van der Waals surface area contributed by atoms with Crippen LogP contribution in [0.1, 0.15) is 40.5 Å². The third-order valence-corrected chi connectivity index (χ3v) is 3.50. The van der Waals surface area contributed by atoms with E-state index in [0.29, 0.717) is 19.4 Å². The summed E-state index contributed by atoms with van der Waals surface area (Å²) < 4.78 is 0. The van der Waals surface area contributed by atoms with Gasteiger partial charge in [0.2, 0.25) is 0 Å². The van der Waals surface area contributed by atoms with Gasteiger partial charge < -0.3 is 4.90 Å². The van der Waals surface area contributed by atoms with E-state index >= 15 is 0 Å². The van der Waals surface area contributed by atoms with E-state index < -0.39 is 11.0 Å². The van der Waals surface area contributed by atoms with Crippen LogP contribution >= 0.6 is 0 Å². The molecule has 0 radical (unpaired) electrons. The molecule has 1 aliphatic heterocycles. The van der Waals surface area contributed by atoms with Gasteiger partial charge in [0.1, 0.15) is 5.54 Å². The lowest BCUT2D eigenvalue weighted by molar-refractivity contribution is -0.126. The molecule has 0 spiro atoms. The second-order valence-corrected chi connectivity index (χ2v) is 5.28. The maximum absolute atomic E-state index is 11.7. The molecule has 3 amide bonds. The van der Waals surface area contributed by atoms with Gasteiger partial charge in [-0.25, -0.2) is 4.79 Å². The van der Waals surface area contributed by atoms with Crippen molar-refractivity contribution >= 4 is 11.9 Å². The molecule has 94 valence electrons. The highest BCUT2D eigenvalue weighted by Crippen LogP contribution is 2.28. The zero-order valence-electron chi connectivity index (χ0n) is 10.8. The van der Waals surface area contributed by atoms with Crippen molar-refractivity contribution in [1.82, 2.24) is 10.2 Å². The van der Waals surface area contributed by atoms with Crippen LogP contribution in [0.4, 0.5) is 4.79 Å². The maximum Gasteiger partial charge on any atom is 0.325 e. The van der Waals surface area contributed by atoms with Gasteiger partial charge in [-0.3, -0.25) is 10.1 Å². The number of hydrogen-bond acceptors (Lipinski definition) is 3. The molecule has 1 saturated heterocycles. The quantitative estimate of drug-likeness (QED) is 0.755. The number of nitriles is 1. The number of rotatable bonds is 4. The van der Waals surface area contributed by atoms with Gasteiger partial charge in [-0.15, -0.1) is 0 Å². The average Bonchev–Trinajstić information content (AvgIpc) is 2.48.